The SMILES string of the molecule is COc1ccc(OC)c(NC(=O)COC(=O)CSc2cc(C)c(Br)cc2C)c1. The molecule has 1 N–H and O–H groups in total. The van der Waals surface area contributed by atoms with Crippen LogP contribution in [-0.2, 0) is 14.3 Å². The maximum absolute atomic E-state index is 12.1. The number of aryl methyl sites for hydroxylation is 2. The predicted octanol–water partition coefficient (Wildman–Crippen LogP) is 4.36. The quantitative estimate of drug-likeness (QED) is 0.459. The van der Waals surface area contributed by atoms with Gasteiger partial charge in [-0.05, 0) is 49.2 Å². The maximum Gasteiger partial charge on any atom is 0.316 e. The highest BCUT2D eigenvalue weighted by atomic mass is 79.9. The van der Waals surface area contributed by atoms with Crippen LogP contribution in [0.5, 0.6) is 11.5 Å². The van der Waals surface area contributed by atoms with Crippen molar-refractivity contribution in [2.45, 2.75) is 18.7 Å². The first-order valence-corrected chi connectivity index (χ1v) is 10.2. The predicted molar refractivity (Wildman–Crippen MR) is 113 cm³/mol. The lowest BCUT2D eigenvalue weighted by atomic mass is 10.2. The van der Waals surface area contributed by atoms with Crippen molar-refractivity contribution in [3.63, 3.8) is 0 Å². The third-order valence-corrected chi connectivity index (χ3v) is 5.83. The zero-order valence-electron chi connectivity index (χ0n) is 16.1. The molecule has 0 bridgehead atoms. The highest BCUT2D eigenvalue weighted by Crippen LogP contribution is 2.29. The molecule has 0 aliphatic heterocycles. The van der Waals surface area contributed by atoms with Gasteiger partial charge in [0.15, 0.2) is 6.61 Å². The van der Waals surface area contributed by atoms with Crippen LogP contribution in [0.15, 0.2) is 39.7 Å². The van der Waals surface area contributed by atoms with E-state index in [1.54, 1.807) is 18.2 Å². The minimum Gasteiger partial charge on any atom is -0.497 e. The molecule has 6 nitrogen and oxygen atoms in total. The van der Waals surface area contributed by atoms with E-state index in [-0.39, 0.29) is 12.4 Å². The number of anilines is 1. The van der Waals surface area contributed by atoms with E-state index in [4.69, 9.17) is 14.2 Å². The molecular weight excluding hydrogens is 446 g/mol. The number of benzene rings is 2. The second-order valence-corrected chi connectivity index (χ2v) is 7.80. The molecule has 0 saturated heterocycles. The Labute approximate surface area is 177 Å². The molecule has 2 aromatic rings. The number of thioether (sulfide) groups is 1. The molecule has 8 heteroatoms. The maximum atomic E-state index is 12.1. The minimum absolute atomic E-state index is 0.123. The smallest absolute Gasteiger partial charge is 0.316 e. The lowest BCUT2D eigenvalue weighted by molar-refractivity contribution is -0.144. The van der Waals surface area contributed by atoms with Crippen LogP contribution in [0.2, 0.25) is 0 Å². The van der Waals surface area contributed by atoms with Crippen molar-refractivity contribution >= 4 is 45.3 Å². The van der Waals surface area contributed by atoms with Gasteiger partial charge < -0.3 is 19.5 Å². The van der Waals surface area contributed by atoms with Crippen LogP contribution in [-0.4, -0.2) is 38.5 Å². The fraction of sp³-hybridized carbons (Fsp3) is 0.300. The van der Waals surface area contributed by atoms with Crippen LogP contribution in [0.25, 0.3) is 0 Å². The molecule has 0 aliphatic carbocycles. The number of rotatable bonds is 8. The Morgan fingerprint density at radius 2 is 1.82 bits per heavy atom. The first-order valence-electron chi connectivity index (χ1n) is 8.41. The summed E-state index contributed by atoms with van der Waals surface area (Å²) in [5.41, 5.74) is 2.60. The van der Waals surface area contributed by atoms with Gasteiger partial charge in [-0.15, -0.1) is 11.8 Å². The Morgan fingerprint density at radius 1 is 1.07 bits per heavy atom. The van der Waals surface area contributed by atoms with E-state index in [0.29, 0.717) is 17.2 Å². The lowest BCUT2D eigenvalue weighted by Crippen LogP contribution is -2.22. The molecular formula is C20H22BrNO5S. The third kappa shape index (κ3) is 6.17. The fourth-order valence-corrected chi connectivity index (χ4v) is 3.69. The molecule has 0 heterocycles. The Hall–Kier alpha value is -2.19. The van der Waals surface area contributed by atoms with Crippen LogP contribution in [0.1, 0.15) is 11.1 Å². The number of ether oxygens (including phenoxy) is 3. The van der Waals surface area contributed by atoms with Gasteiger partial charge in [-0.25, -0.2) is 0 Å². The molecule has 2 aromatic carbocycles. The summed E-state index contributed by atoms with van der Waals surface area (Å²) < 4.78 is 16.4. The molecule has 0 saturated carbocycles. The second-order valence-electron chi connectivity index (χ2n) is 5.93. The number of hydrogen-bond donors (Lipinski definition) is 1. The van der Waals surface area contributed by atoms with Crippen LogP contribution >= 0.6 is 27.7 Å². The second kappa shape index (κ2) is 10.4. The Balaban J connectivity index is 1.86. The van der Waals surface area contributed by atoms with Gasteiger partial charge in [0, 0.05) is 15.4 Å². The molecule has 0 radical (unpaired) electrons. The van der Waals surface area contributed by atoms with Crippen molar-refractivity contribution in [2.75, 3.05) is 31.9 Å². The summed E-state index contributed by atoms with van der Waals surface area (Å²) in [5.74, 6) is 0.262. The summed E-state index contributed by atoms with van der Waals surface area (Å²) in [7, 11) is 3.03. The fourth-order valence-electron chi connectivity index (χ4n) is 2.33. The number of carbonyl (C=O) groups is 2. The molecule has 0 aliphatic rings. The van der Waals surface area contributed by atoms with Crippen LogP contribution < -0.4 is 14.8 Å². The van der Waals surface area contributed by atoms with Crippen molar-refractivity contribution in [3.8, 4) is 11.5 Å². The van der Waals surface area contributed by atoms with Crippen LogP contribution in [0.3, 0.4) is 0 Å². The molecule has 1 amide bonds. The van der Waals surface area contributed by atoms with Gasteiger partial charge in [-0.1, -0.05) is 15.9 Å². The molecule has 2 rings (SSSR count). The number of nitrogens with one attached hydrogen (secondary N) is 1. The molecule has 150 valence electrons. The van der Waals surface area contributed by atoms with Crippen molar-refractivity contribution < 1.29 is 23.8 Å². The molecule has 28 heavy (non-hydrogen) atoms. The van der Waals surface area contributed by atoms with E-state index >= 15 is 0 Å². The summed E-state index contributed by atoms with van der Waals surface area (Å²) in [6.07, 6.45) is 0. The van der Waals surface area contributed by atoms with Crippen molar-refractivity contribution in [3.05, 3.63) is 45.9 Å². The Kier molecular flexibility index (Phi) is 8.19. The minimum atomic E-state index is -0.460. The average molecular weight is 468 g/mol. The van der Waals surface area contributed by atoms with E-state index in [0.717, 1.165) is 20.5 Å². The molecule has 0 aromatic heterocycles. The average Bonchev–Trinajstić information content (AvgIpc) is 2.68. The van der Waals surface area contributed by atoms with E-state index in [9.17, 15) is 9.59 Å². The normalized spacial score (nSPS) is 10.3. The molecule has 0 spiro atoms. The summed E-state index contributed by atoms with van der Waals surface area (Å²) in [6, 6.07) is 9.06. The van der Waals surface area contributed by atoms with E-state index in [2.05, 4.69) is 21.2 Å². The van der Waals surface area contributed by atoms with Crippen molar-refractivity contribution in [1.29, 1.82) is 0 Å². The molecule has 0 fully saturated rings. The van der Waals surface area contributed by atoms with Crippen LogP contribution in [0.4, 0.5) is 5.69 Å². The van der Waals surface area contributed by atoms with Crippen molar-refractivity contribution in [1.82, 2.24) is 0 Å². The van der Waals surface area contributed by atoms with E-state index < -0.39 is 11.9 Å². The Morgan fingerprint density at radius 3 is 2.50 bits per heavy atom. The first-order chi connectivity index (χ1) is 13.3. The van der Waals surface area contributed by atoms with Gasteiger partial charge in [-0.3, -0.25) is 9.59 Å². The Bertz CT molecular complexity index is 872. The number of amides is 1. The van der Waals surface area contributed by atoms with Gasteiger partial charge in [0.2, 0.25) is 0 Å². The number of hydrogen-bond acceptors (Lipinski definition) is 6. The van der Waals surface area contributed by atoms with Gasteiger partial charge in [-0.2, -0.15) is 0 Å². The summed E-state index contributed by atoms with van der Waals surface area (Å²) in [4.78, 5) is 25.1. The number of halogens is 1. The number of esters is 1. The number of methoxy groups -OCH3 is 2. The molecule has 0 atom stereocenters. The number of carbonyl (C=O) groups excluding carboxylic acids is 2. The summed E-state index contributed by atoms with van der Waals surface area (Å²) in [5, 5.41) is 2.65. The van der Waals surface area contributed by atoms with Gasteiger partial charge in [0.1, 0.15) is 11.5 Å². The third-order valence-electron chi connectivity index (χ3n) is 3.85. The zero-order valence-corrected chi connectivity index (χ0v) is 18.5. The molecule has 0 unspecified atom stereocenters. The highest BCUT2D eigenvalue weighted by Gasteiger charge is 2.13. The standard InChI is InChI=1S/C20H22BrNO5S/c1-12-8-18(13(2)7-15(12)21)28-11-20(24)27-10-19(23)22-16-9-14(25-3)5-6-17(16)26-4/h5-9H,10-11H2,1-4H3,(H,22,23). The summed E-state index contributed by atoms with van der Waals surface area (Å²) in [6.45, 7) is 3.59. The van der Waals surface area contributed by atoms with Crippen molar-refractivity contribution in [2.24, 2.45) is 0 Å². The van der Waals surface area contributed by atoms with Gasteiger partial charge in [0.25, 0.3) is 5.91 Å². The van der Waals surface area contributed by atoms with Crippen LogP contribution in [0, 0.1) is 13.8 Å². The largest absolute Gasteiger partial charge is 0.497 e. The van der Waals surface area contributed by atoms with Gasteiger partial charge >= 0.3 is 5.97 Å². The lowest BCUT2D eigenvalue weighted by Gasteiger charge is -2.12. The van der Waals surface area contributed by atoms with E-state index in [1.807, 2.05) is 26.0 Å². The van der Waals surface area contributed by atoms with Gasteiger partial charge in [0.05, 0.1) is 25.7 Å². The van der Waals surface area contributed by atoms with E-state index in [1.165, 1.54) is 26.0 Å². The monoisotopic (exact) mass is 467 g/mol. The summed E-state index contributed by atoms with van der Waals surface area (Å²) >= 11 is 4.87. The topological polar surface area (TPSA) is 73.9 Å². The highest BCUT2D eigenvalue weighted by molar-refractivity contribution is 9.10. The zero-order chi connectivity index (χ0) is 20.7. The first kappa shape index (κ1) is 22.1.